The first-order valence-electron chi connectivity index (χ1n) is 9.04. The molecular weight excluding hydrogens is 380 g/mol. The molecule has 2 unspecified atom stereocenters. The molecule has 0 spiro atoms. The molecule has 1 amide bonds. The summed E-state index contributed by atoms with van der Waals surface area (Å²) in [6.07, 6.45) is -0.155. The van der Waals surface area contributed by atoms with Gasteiger partial charge in [0.05, 0.1) is 40.2 Å². The molecule has 0 bridgehead atoms. The number of carbonyl (C=O) groups excluding carboxylic acids is 1. The quantitative estimate of drug-likeness (QED) is 0.587. The number of nitrogens with two attached hydrogens (primary N) is 1. The summed E-state index contributed by atoms with van der Waals surface area (Å²) >= 11 is 6.41. The van der Waals surface area contributed by atoms with E-state index >= 15 is 0 Å². The van der Waals surface area contributed by atoms with Crippen LogP contribution in [0, 0.1) is 11.3 Å². The summed E-state index contributed by atoms with van der Waals surface area (Å²) in [6, 6.07) is 5.26. The summed E-state index contributed by atoms with van der Waals surface area (Å²) in [5.74, 6) is -0.0953. The van der Waals surface area contributed by atoms with Crippen molar-refractivity contribution in [2.75, 3.05) is 23.7 Å². The van der Waals surface area contributed by atoms with Crippen LogP contribution in [0.4, 0.5) is 11.4 Å². The van der Waals surface area contributed by atoms with Gasteiger partial charge in [-0.2, -0.15) is 5.26 Å². The first-order chi connectivity index (χ1) is 12.4. The fraction of sp³-hybridized carbons (Fsp3) is 0.579. The van der Waals surface area contributed by atoms with E-state index in [9.17, 15) is 10.1 Å². The van der Waals surface area contributed by atoms with Gasteiger partial charge in [0.1, 0.15) is 0 Å². The van der Waals surface area contributed by atoms with Crippen LogP contribution >= 0.6 is 11.6 Å². The molecule has 1 aliphatic heterocycles. The SMILES string of the molecule is CC(=O)NC1CN(c2cc(C#N)cc(N)c2Cl)CC1O[Si](C)(C)C(C)(C)C. The maximum atomic E-state index is 11.7. The second-order valence-corrected chi connectivity index (χ2v) is 13.8. The molecule has 3 N–H and O–H groups in total. The number of rotatable bonds is 4. The van der Waals surface area contributed by atoms with Gasteiger partial charge in [-0.05, 0) is 30.3 Å². The van der Waals surface area contributed by atoms with Crippen molar-refractivity contribution in [3.05, 3.63) is 22.7 Å². The molecule has 1 fully saturated rings. The van der Waals surface area contributed by atoms with Gasteiger partial charge in [-0.15, -0.1) is 0 Å². The lowest BCUT2D eigenvalue weighted by Gasteiger charge is -2.39. The Morgan fingerprint density at radius 3 is 2.56 bits per heavy atom. The number of carbonyl (C=O) groups is 1. The highest BCUT2D eigenvalue weighted by molar-refractivity contribution is 6.74. The highest BCUT2D eigenvalue weighted by atomic mass is 35.5. The molecule has 0 radical (unpaired) electrons. The highest BCUT2D eigenvalue weighted by Gasteiger charge is 2.44. The van der Waals surface area contributed by atoms with E-state index < -0.39 is 8.32 Å². The van der Waals surface area contributed by atoms with E-state index in [1.54, 1.807) is 12.1 Å². The first-order valence-corrected chi connectivity index (χ1v) is 12.3. The van der Waals surface area contributed by atoms with Gasteiger partial charge >= 0.3 is 0 Å². The number of nitrogens with zero attached hydrogens (tertiary/aromatic N) is 2. The fourth-order valence-corrected chi connectivity index (χ4v) is 4.55. The lowest BCUT2D eigenvalue weighted by Crippen LogP contribution is -2.50. The second kappa shape index (κ2) is 7.70. The van der Waals surface area contributed by atoms with Crippen molar-refractivity contribution in [1.82, 2.24) is 5.32 Å². The van der Waals surface area contributed by atoms with Gasteiger partial charge < -0.3 is 20.4 Å². The van der Waals surface area contributed by atoms with Crippen LogP contribution in [0.5, 0.6) is 0 Å². The standard InChI is InChI=1S/C19H29ClN4O2Si/c1-12(25)23-15-10-24(11-17(15)26-27(5,6)19(2,3)4)16-8-13(9-21)7-14(22)18(16)20/h7-8,15,17H,10-11,22H2,1-6H3,(H,23,25). The number of benzene rings is 1. The normalized spacial score (nSPS) is 20.4. The summed E-state index contributed by atoms with van der Waals surface area (Å²) in [5.41, 5.74) is 7.49. The van der Waals surface area contributed by atoms with Crippen molar-refractivity contribution < 1.29 is 9.22 Å². The number of nitrogen functional groups attached to an aromatic ring is 1. The topological polar surface area (TPSA) is 91.4 Å². The van der Waals surface area contributed by atoms with Crippen molar-refractivity contribution in [3.8, 4) is 6.07 Å². The summed E-state index contributed by atoms with van der Waals surface area (Å²) in [7, 11) is -2.02. The Morgan fingerprint density at radius 2 is 2.04 bits per heavy atom. The third-order valence-electron chi connectivity index (χ3n) is 5.46. The van der Waals surface area contributed by atoms with Gasteiger partial charge in [-0.3, -0.25) is 4.79 Å². The maximum Gasteiger partial charge on any atom is 0.217 e. The lowest BCUT2D eigenvalue weighted by atomic mass is 10.1. The Morgan fingerprint density at radius 1 is 1.41 bits per heavy atom. The molecule has 1 aliphatic rings. The smallest absolute Gasteiger partial charge is 0.217 e. The molecule has 148 valence electrons. The molecule has 0 saturated carbocycles. The zero-order valence-electron chi connectivity index (χ0n) is 16.9. The Labute approximate surface area is 167 Å². The Hall–Kier alpha value is -1.75. The van der Waals surface area contributed by atoms with Crippen molar-refractivity contribution in [2.24, 2.45) is 0 Å². The lowest BCUT2D eigenvalue weighted by molar-refractivity contribution is -0.120. The van der Waals surface area contributed by atoms with Crippen LogP contribution in [-0.4, -0.2) is 39.5 Å². The van der Waals surface area contributed by atoms with Crippen LogP contribution in [0.15, 0.2) is 12.1 Å². The Kier molecular flexibility index (Phi) is 6.15. The fourth-order valence-electron chi connectivity index (χ4n) is 2.97. The van der Waals surface area contributed by atoms with Gasteiger partial charge in [0.2, 0.25) is 5.91 Å². The monoisotopic (exact) mass is 408 g/mol. The van der Waals surface area contributed by atoms with E-state index in [1.165, 1.54) is 6.92 Å². The molecule has 2 atom stereocenters. The van der Waals surface area contributed by atoms with Crippen LogP contribution in [0.1, 0.15) is 33.3 Å². The molecule has 0 aromatic heterocycles. The summed E-state index contributed by atoms with van der Waals surface area (Å²) in [5, 5.41) is 12.7. The van der Waals surface area contributed by atoms with Crippen LogP contribution in [0.3, 0.4) is 0 Å². The minimum absolute atomic E-state index is 0.0595. The zero-order valence-corrected chi connectivity index (χ0v) is 18.6. The molecule has 1 aromatic rings. The molecule has 2 rings (SSSR count). The number of hydrogen-bond acceptors (Lipinski definition) is 5. The number of hydrogen-bond donors (Lipinski definition) is 2. The molecule has 1 saturated heterocycles. The van der Waals surface area contributed by atoms with Gasteiger partial charge in [0.25, 0.3) is 0 Å². The third-order valence-corrected chi connectivity index (χ3v) is 10.4. The Balaban J connectivity index is 2.34. The van der Waals surface area contributed by atoms with E-state index in [2.05, 4.69) is 45.3 Å². The van der Waals surface area contributed by atoms with Crippen LogP contribution in [0.25, 0.3) is 0 Å². The number of anilines is 2. The summed E-state index contributed by atoms with van der Waals surface area (Å²) in [4.78, 5) is 13.7. The Bertz CT molecular complexity index is 770. The molecule has 1 aromatic carbocycles. The second-order valence-electron chi connectivity index (χ2n) is 8.64. The van der Waals surface area contributed by atoms with E-state index in [0.29, 0.717) is 35.1 Å². The first kappa shape index (κ1) is 21.5. The van der Waals surface area contributed by atoms with E-state index in [1.807, 2.05) is 4.90 Å². The number of nitriles is 1. The van der Waals surface area contributed by atoms with Crippen LogP contribution in [0.2, 0.25) is 23.2 Å². The van der Waals surface area contributed by atoms with Crippen molar-refractivity contribution in [2.45, 2.75) is 58.0 Å². The van der Waals surface area contributed by atoms with Crippen molar-refractivity contribution in [1.29, 1.82) is 5.26 Å². The number of halogens is 1. The van der Waals surface area contributed by atoms with Gasteiger partial charge in [-0.1, -0.05) is 32.4 Å². The van der Waals surface area contributed by atoms with Gasteiger partial charge in [-0.25, -0.2) is 0 Å². The van der Waals surface area contributed by atoms with Gasteiger partial charge in [0.15, 0.2) is 8.32 Å². The third kappa shape index (κ3) is 4.75. The minimum Gasteiger partial charge on any atom is -0.410 e. The molecule has 8 heteroatoms. The highest BCUT2D eigenvalue weighted by Crippen LogP contribution is 2.40. The summed E-state index contributed by atoms with van der Waals surface area (Å²) < 4.78 is 6.60. The van der Waals surface area contributed by atoms with E-state index in [-0.39, 0.29) is 23.1 Å². The number of nitrogens with one attached hydrogen (secondary N) is 1. The average Bonchev–Trinajstić information content (AvgIpc) is 2.89. The zero-order chi connectivity index (χ0) is 20.6. The predicted molar refractivity (Wildman–Crippen MR) is 112 cm³/mol. The summed E-state index contributed by atoms with van der Waals surface area (Å²) in [6.45, 7) is 13.6. The van der Waals surface area contributed by atoms with Crippen LogP contribution < -0.4 is 16.0 Å². The molecular formula is C19H29ClN4O2Si. The van der Waals surface area contributed by atoms with Gasteiger partial charge in [0, 0.05) is 20.0 Å². The van der Waals surface area contributed by atoms with E-state index in [4.69, 9.17) is 21.8 Å². The molecule has 0 aliphatic carbocycles. The number of amides is 1. The molecule has 27 heavy (non-hydrogen) atoms. The van der Waals surface area contributed by atoms with Crippen molar-refractivity contribution >= 4 is 37.2 Å². The largest absolute Gasteiger partial charge is 0.410 e. The van der Waals surface area contributed by atoms with Crippen molar-refractivity contribution in [3.63, 3.8) is 0 Å². The molecule has 6 nitrogen and oxygen atoms in total. The average molecular weight is 409 g/mol. The minimum atomic E-state index is -2.02. The van der Waals surface area contributed by atoms with Crippen LogP contribution in [-0.2, 0) is 9.22 Å². The maximum absolute atomic E-state index is 11.7. The molecule has 1 heterocycles. The van der Waals surface area contributed by atoms with E-state index in [0.717, 1.165) is 0 Å². The predicted octanol–water partition coefficient (Wildman–Crippen LogP) is 3.51.